The van der Waals surface area contributed by atoms with Crippen LogP contribution in [0.1, 0.15) is 57.6 Å². The quantitative estimate of drug-likeness (QED) is 0.788. The summed E-state index contributed by atoms with van der Waals surface area (Å²) in [6.45, 7) is 4.19. The third-order valence-corrected chi connectivity index (χ3v) is 5.08. The summed E-state index contributed by atoms with van der Waals surface area (Å²) in [4.78, 5) is 12.3. The molecule has 0 bridgehead atoms. The van der Waals surface area contributed by atoms with Gasteiger partial charge in [0, 0.05) is 29.1 Å². The minimum absolute atomic E-state index is 0.0845. The molecule has 2 aliphatic rings. The van der Waals surface area contributed by atoms with Crippen LogP contribution in [0.4, 0.5) is 5.82 Å². The molecule has 0 spiro atoms. The first kappa shape index (κ1) is 13.5. The van der Waals surface area contributed by atoms with Gasteiger partial charge in [0.25, 0.3) is 0 Å². The molecule has 2 aliphatic carbocycles. The second kappa shape index (κ2) is 4.79. The van der Waals surface area contributed by atoms with E-state index in [9.17, 15) is 4.79 Å². The van der Waals surface area contributed by atoms with E-state index in [1.807, 2.05) is 6.07 Å². The number of aromatic nitrogens is 2. The highest BCUT2D eigenvalue weighted by atomic mass is 16.2. The van der Waals surface area contributed by atoms with Crippen LogP contribution in [0.15, 0.2) is 6.07 Å². The van der Waals surface area contributed by atoms with Crippen LogP contribution < -0.4 is 11.1 Å². The molecule has 0 aromatic carbocycles. The van der Waals surface area contributed by atoms with Crippen molar-refractivity contribution in [2.24, 2.45) is 11.8 Å². The lowest BCUT2D eigenvalue weighted by molar-refractivity contribution is -0.126. The number of nitrogen functional groups attached to an aromatic ring is 1. The third-order valence-electron chi connectivity index (χ3n) is 5.08. The monoisotopic (exact) mass is 276 g/mol. The van der Waals surface area contributed by atoms with Crippen molar-refractivity contribution >= 4 is 11.7 Å². The van der Waals surface area contributed by atoms with Gasteiger partial charge in [0.2, 0.25) is 5.91 Å². The predicted molar refractivity (Wildman–Crippen MR) is 78.0 cm³/mol. The van der Waals surface area contributed by atoms with Gasteiger partial charge in [0.1, 0.15) is 5.82 Å². The van der Waals surface area contributed by atoms with Gasteiger partial charge in [-0.25, -0.2) is 0 Å². The summed E-state index contributed by atoms with van der Waals surface area (Å²) in [5, 5.41) is 10.2. The summed E-state index contributed by atoms with van der Waals surface area (Å²) in [7, 11) is 0. The number of aromatic amines is 1. The standard InChI is InChI=1S/C15H24N4O/c1-9(14(20)17-15(2)5-6-15)10-3-4-11(7-10)12-8-13(16)19-18-12/h8-11H,3-7H2,1-2H3,(H,17,20)(H3,16,18,19)/t9-,10-,11+/m1/s1. The zero-order valence-corrected chi connectivity index (χ0v) is 12.3. The Morgan fingerprint density at radius 2 is 2.30 bits per heavy atom. The van der Waals surface area contributed by atoms with Crippen molar-refractivity contribution in [2.75, 3.05) is 5.73 Å². The Bertz CT molecular complexity index is 506. The molecule has 2 saturated carbocycles. The molecular formula is C15H24N4O. The van der Waals surface area contributed by atoms with Crippen molar-refractivity contribution in [1.29, 1.82) is 0 Å². The van der Waals surface area contributed by atoms with Crippen LogP contribution in [0.2, 0.25) is 0 Å². The minimum atomic E-state index is 0.0845. The van der Waals surface area contributed by atoms with Gasteiger partial charge in [0.05, 0.1) is 0 Å². The van der Waals surface area contributed by atoms with E-state index in [0.717, 1.165) is 37.8 Å². The lowest BCUT2D eigenvalue weighted by atomic mass is 9.90. The van der Waals surface area contributed by atoms with Gasteiger partial charge >= 0.3 is 0 Å². The van der Waals surface area contributed by atoms with Crippen LogP contribution in [0.5, 0.6) is 0 Å². The second-order valence-corrected chi connectivity index (χ2v) is 6.86. The summed E-state index contributed by atoms with van der Waals surface area (Å²) < 4.78 is 0. The second-order valence-electron chi connectivity index (χ2n) is 6.86. The predicted octanol–water partition coefficient (Wildman–Crippen LogP) is 2.18. The van der Waals surface area contributed by atoms with Crippen LogP contribution >= 0.6 is 0 Å². The zero-order chi connectivity index (χ0) is 14.3. The van der Waals surface area contributed by atoms with E-state index in [4.69, 9.17) is 5.73 Å². The fourth-order valence-corrected chi connectivity index (χ4v) is 3.25. The normalized spacial score (nSPS) is 29.1. The molecule has 1 aromatic heterocycles. The summed E-state index contributed by atoms with van der Waals surface area (Å²) >= 11 is 0. The number of amides is 1. The SMILES string of the molecule is C[C@@H](C(=O)NC1(C)CC1)[C@@H]1CC[C@H](c2cc(N)n[nH]2)C1. The Morgan fingerprint density at radius 3 is 2.90 bits per heavy atom. The molecule has 0 saturated heterocycles. The molecule has 2 fully saturated rings. The molecule has 3 rings (SSSR count). The van der Waals surface area contributed by atoms with E-state index in [1.54, 1.807) is 0 Å². The van der Waals surface area contributed by atoms with E-state index in [1.165, 1.54) is 0 Å². The molecule has 0 aliphatic heterocycles. The number of nitrogens with zero attached hydrogens (tertiary/aromatic N) is 1. The summed E-state index contributed by atoms with van der Waals surface area (Å²) in [6, 6.07) is 1.92. The van der Waals surface area contributed by atoms with Gasteiger partial charge in [-0.05, 0) is 44.9 Å². The summed E-state index contributed by atoms with van der Waals surface area (Å²) in [6.07, 6.45) is 5.50. The van der Waals surface area contributed by atoms with Crippen LogP contribution in [0.25, 0.3) is 0 Å². The summed E-state index contributed by atoms with van der Waals surface area (Å²) in [5.41, 5.74) is 6.86. The number of carbonyl (C=O) groups excluding carboxylic acids is 1. The third kappa shape index (κ3) is 2.67. The molecule has 1 heterocycles. The number of anilines is 1. The number of nitrogens with two attached hydrogens (primary N) is 1. The molecule has 0 radical (unpaired) electrons. The highest BCUT2D eigenvalue weighted by Crippen LogP contribution is 2.42. The smallest absolute Gasteiger partial charge is 0.223 e. The number of carbonyl (C=O) groups is 1. The maximum absolute atomic E-state index is 12.3. The molecule has 1 amide bonds. The number of rotatable bonds is 4. The van der Waals surface area contributed by atoms with Crippen LogP contribution in [-0.4, -0.2) is 21.6 Å². The lowest BCUT2D eigenvalue weighted by Crippen LogP contribution is -2.39. The molecular weight excluding hydrogens is 252 g/mol. The first-order chi connectivity index (χ1) is 9.47. The minimum Gasteiger partial charge on any atom is -0.382 e. The lowest BCUT2D eigenvalue weighted by Gasteiger charge is -2.21. The maximum atomic E-state index is 12.3. The van der Waals surface area contributed by atoms with Gasteiger partial charge in [-0.15, -0.1) is 0 Å². The number of hydrogen-bond acceptors (Lipinski definition) is 3. The molecule has 5 heteroatoms. The molecule has 4 N–H and O–H groups in total. The topological polar surface area (TPSA) is 83.8 Å². The van der Waals surface area contributed by atoms with E-state index in [0.29, 0.717) is 17.7 Å². The van der Waals surface area contributed by atoms with Crippen molar-refractivity contribution in [2.45, 2.75) is 57.4 Å². The number of H-pyrrole nitrogens is 1. The van der Waals surface area contributed by atoms with Crippen molar-refractivity contribution in [3.05, 3.63) is 11.8 Å². The number of nitrogens with one attached hydrogen (secondary N) is 2. The summed E-state index contributed by atoms with van der Waals surface area (Å²) in [5.74, 6) is 1.80. The Kier molecular flexibility index (Phi) is 3.22. The van der Waals surface area contributed by atoms with Crippen LogP contribution in [0.3, 0.4) is 0 Å². The average molecular weight is 276 g/mol. The number of hydrogen-bond donors (Lipinski definition) is 3. The Hall–Kier alpha value is -1.52. The largest absolute Gasteiger partial charge is 0.382 e. The van der Waals surface area contributed by atoms with Gasteiger partial charge in [-0.1, -0.05) is 6.92 Å². The van der Waals surface area contributed by atoms with Gasteiger partial charge in [-0.2, -0.15) is 5.10 Å². The van der Waals surface area contributed by atoms with Crippen molar-refractivity contribution in [3.63, 3.8) is 0 Å². The highest BCUT2D eigenvalue weighted by molar-refractivity contribution is 5.79. The zero-order valence-electron chi connectivity index (χ0n) is 12.3. The van der Waals surface area contributed by atoms with Crippen molar-refractivity contribution in [1.82, 2.24) is 15.5 Å². The van der Waals surface area contributed by atoms with Crippen molar-refractivity contribution in [3.8, 4) is 0 Å². The molecule has 3 atom stereocenters. The first-order valence-electron chi connectivity index (χ1n) is 7.60. The highest BCUT2D eigenvalue weighted by Gasteiger charge is 2.41. The maximum Gasteiger partial charge on any atom is 0.223 e. The Morgan fingerprint density at radius 1 is 1.55 bits per heavy atom. The average Bonchev–Trinajstić information content (AvgIpc) is 2.86. The molecule has 110 valence electrons. The van der Waals surface area contributed by atoms with E-state index >= 15 is 0 Å². The fourth-order valence-electron chi connectivity index (χ4n) is 3.25. The first-order valence-corrected chi connectivity index (χ1v) is 7.60. The van der Waals surface area contributed by atoms with Crippen LogP contribution in [-0.2, 0) is 4.79 Å². The van der Waals surface area contributed by atoms with Gasteiger partial charge < -0.3 is 11.1 Å². The Balaban J connectivity index is 1.57. The van der Waals surface area contributed by atoms with E-state index < -0.39 is 0 Å². The van der Waals surface area contributed by atoms with E-state index in [-0.39, 0.29) is 17.4 Å². The fraction of sp³-hybridized carbons (Fsp3) is 0.733. The molecule has 1 aromatic rings. The molecule has 20 heavy (non-hydrogen) atoms. The van der Waals surface area contributed by atoms with Crippen LogP contribution in [0, 0.1) is 11.8 Å². The Labute approximate surface area is 119 Å². The van der Waals surface area contributed by atoms with E-state index in [2.05, 4.69) is 29.4 Å². The van der Waals surface area contributed by atoms with Gasteiger partial charge in [0.15, 0.2) is 0 Å². The molecule has 5 nitrogen and oxygen atoms in total. The molecule has 0 unspecified atom stereocenters. The van der Waals surface area contributed by atoms with Gasteiger partial charge in [-0.3, -0.25) is 9.89 Å². The van der Waals surface area contributed by atoms with Crippen molar-refractivity contribution < 1.29 is 4.79 Å².